The molecule has 0 aliphatic carbocycles. The van der Waals surface area contributed by atoms with E-state index in [-0.39, 0.29) is 10.7 Å². The van der Waals surface area contributed by atoms with Crippen molar-refractivity contribution < 1.29 is 23.9 Å². The van der Waals surface area contributed by atoms with Gasteiger partial charge < -0.3 is 15.4 Å². The molecule has 0 saturated heterocycles. The van der Waals surface area contributed by atoms with Gasteiger partial charge in [-0.15, -0.1) is 0 Å². The fraction of sp³-hybridized carbons (Fsp3) is 0.111. The van der Waals surface area contributed by atoms with Gasteiger partial charge in [-0.3, -0.25) is 14.4 Å². The largest absolute Gasteiger partial charge is 0.465 e. The minimum atomic E-state index is -0.623. The molecule has 0 spiro atoms. The van der Waals surface area contributed by atoms with Crippen LogP contribution in [0.3, 0.4) is 0 Å². The van der Waals surface area contributed by atoms with E-state index in [0.717, 1.165) is 16.0 Å². The van der Waals surface area contributed by atoms with Gasteiger partial charge in [-0.2, -0.15) is 0 Å². The van der Waals surface area contributed by atoms with Crippen molar-refractivity contribution >= 4 is 52.4 Å². The van der Waals surface area contributed by atoms with Crippen molar-refractivity contribution in [1.82, 2.24) is 0 Å². The number of ether oxygens (including phenoxy) is 1. The Morgan fingerprint density at radius 2 is 1.58 bits per heavy atom. The Morgan fingerprint density at radius 1 is 0.861 bits per heavy atom. The summed E-state index contributed by atoms with van der Waals surface area (Å²) in [5.74, 6) is -2.09. The number of halogens is 1. The molecular formula is C27H22ClN3O5. The molecule has 182 valence electrons. The van der Waals surface area contributed by atoms with Crippen molar-refractivity contribution in [1.29, 1.82) is 0 Å². The van der Waals surface area contributed by atoms with Crippen LogP contribution in [0.5, 0.6) is 0 Å². The zero-order valence-corrected chi connectivity index (χ0v) is 20.5. The predicted octanol–water partition coefficient (Wildman–Crippen LogP) is 4.78. The van der Waals surface area contributed by atoms with Crippen LogP contribution in [0.2, 0.25) is 0 Å². The highest BCUT2D eigenvalue weighted by molar-refractivity contribution is 6.53. The van der Waals surface area contributed by atoms with E-state index in [9.17, 15) is 19.2 Å². The lowest BCUT2D eigenvalue weighted by molar-refractivity contribution is -0.120. The molecule has 9 heteroatoms. The minimum Gasteiger partial charge on any atom is -0.465 e. The van der Waals surface area contributed by atoms with Crippen LogP contribution in [0.25, 0.3) is 0 Å². The lowest BCUT2D eigenvalue weighted by Gasteiger charge is -2.18. The van der Waals surface area contributed by atoms with Gasteiger partial charge in [0.2, 0.25) is 0 Å². The summed E-state index contributed by atoms with van der Waals surface area (Å²) in [6.45, 7) is 3.67. The third-order valence-electron chi connectivity index (χ3n) is 5.59. The summed E-state index contributed by atoms with van der Waals surface area (Å²) in [5, 5.41) is 5.40. The number of benzene rings is 3. The fourth-order valence-electron chi connectivity index (χ4n) is 3.68. The number of anilines is 3. The number of methoxy groups -OCH3 is 1. The number of imide groups is 1. The Morgan fingerprint density at radius 3 is 2.28 bits per heavy atom. The summed E-state index contributed by atoms with van der Waals surface area (Å²) in [6.07, 6.45) is 0. The number of hydrogen-bond acceptors (Lipinski definition) is 6. The highest BCUT2D eigenvalue weighted by atomic mass is 35.5. The van der Waals surface area contributed by atoms with E-state index in [4.69, 9.17) is 11.6 Å². The molecule has 3 aromatic carbocycles. The molecule has 0 saturated carbocycles. The Balaban J connectivity index is 1.51. The van der Waals surface area contributed by atoms with Crippen LogP contribution < -0.4 is 15.5 Å². The maximum Gasteiger partial charge on any atom is 0.337 e. The van der Waals surface area contributed by atoms with Gasteiger partial charge in [0.15, 0.2) is 0 Å². The average molecular weight is 504 g/mol. The number of nitrogens with zero attached hydrogens (tertiary/aromatic N) is 1. The van der Waals surface area contributed by atoms with Crippen LogP contribution in [-0.4, -0.2) is 30.8 Å². The summed E-state index contributed by atoms with van der Waals surface area (Å²) in [7, 11) is 1.29. The van der Waals surface area contributed by atoms with Gasteiger partial charge >= 0.3 is 5.97 Å². The monoisotopic (exact) mass is 503 g/mol. The molecule has 0 fully saturated rings. The van der Waals surface area contributed by atoms with Gasteiger partial charge in [-0.25, -0.2) is 9.69 Å². The van der Waals surface area contributed by atoms with Crippen molar-refractivity contribution in [3.63, 3.8) is 0 Å². The van der Waals surface area contributed by atoms with Crippen molar-refractivity contribution in [2.24, 2.45) is 0 Å². The molecule has 0 aromatic heterocycles. The molecule has 0 radical (unpaired) electrons. The van der Waals surface area contributed by atoms with Crippen LogP contribution in [-0.2, 0) is 14.3 Å². The van der Waals surface area contributed by atoms with E-state index >= 15 is 0 Å². The molecule has 0 unspecified atom stereocenters. The third kappa shape index (κ3) is 4.85. The van der Waals surface area contributed by atoms with Crippen LogP contribution in [0, 0.1) is 13.8 Å². The molecule has 0 bridgehead atoms. The summed E-state index contributed by atoms with van der Waals surface area (Å²) in [4.78, 5) is 51.3. The zero-order valence-electron chi connectivity index (χ0n) is 19.7. The normalized spacial score (nSPS) is 13.2. The van der Waals surface area contributed by atoms with Crippen LogP contribution in [0.15, 0.2) is 77.5 Å². The molecule has 8 nitrogen and oxygen atoms in total. The lowest BCUT2D eigenvalue weighted by atomic mass is 10.1. The molecule has 3 amide bonds. The van der Waals surface area contributed by atoms with Crippen molar-refractivity contribution in [2.75, 3.05) is 22.6 Å². The molecule has 36 heavy (non-hydrogen) atoms. The van der Waals surface area contributed by atoms with Crippen molar-refractivity contribution in [2.45, 2.75) is 13.8 Å². The van der Waals surface area contributed by atoms with Gasteiger partial charge in [0.25, 0.3) is 17.7 Å². The van der Waals surface area contributed by atoms with Gasteiger partial charge in [0.05, 0.1) is 18.4 Å². The number of carbonyl (C=O) groups is 4. The highest BCUT2D eigenvalue weighted by Gasteiger charge is 2.39. The number of hydrogen-bond donors (Lipinski definition) is 2. The molecule has 1 aliphatic heterocycles. The standard InChI is InChI=1S/C27H22ClN3O5/c1-15-7-8-16(2)21(13-15)31-25(33)22(28)23(26(31)34)29-20-6-4-5-18(14-20)24(32)30-19-11-9-17(10-12-19)27(35)36-3/h4-14,29H,1-3H3,(H,30,32). The second-order valence-corrected chi connectivity index (χ2v) is 8.53. The SMILES string of the molecule is COC(=O)c1ccc(NC(=O)c2cccc(NC3=C(Cl)C(=O)N(c4cc(C)ccc4C)C3=O)c2)cc1. The zero-order chi connectivity index (χ0) is 26.0. The third-order valence-corrected chi connectivity index (χ3v) is 5.94. The van der Waals surface area contributed by atoms with Crippen LogP contribution in [0.4, 0.5) is 17.1 Å². The summed E-state index contributed by atoms with van der Waals surface area (Å²) >= 11 is 6.26. The Kier molecular flexibility index (Phi) is 6.89. The first-order valence-electron chi connectivity index (χ1n) is 10.9. The average Bonchev–Trinajstić information content (AvgIpc) is 3.08. The highest BCUT2D eigenvalue weighted by Crippen LogP contribution is 2.32. The minimum absolute atomic E-state index is 0.0708. The van der Waals surface area contributed by atoms with Gasteiger partial charge in [0.1, 0.15) is 10.7 Å². The maximum absolute atomic E-state index is 13.1. The number of esters is 1. The van der Waals surface area contributed by atoms with Gasteiger partial charge in [0, 0.05) is 16.9 Å². The fourth-order valence-corrected chi connectivity index (χ4v) is 3.90. The first-order chi connectivity index (χ1) is 17.2. The smallest absolute Gasteiger partial charge is 0.337 e. The molecule has 1 aliphatic rings. The number of aryl methyl sites for hydroxylation is 2. The number of carbonyl (C=O) groups excluding carboxylic acids is 4. The Hall–Kier alpha value is -4.43. The summed E-state index contributed by atoms with van der Waals surface area (Å²) < 4.78 is 4.66. The molecule has 1 heterocycles. The van der Waals surface area contributed by atoms with E-state index in [1.54, 1.807) is 43.3 Å². The Labute approximate surface area is 212 Å². The van der Waals surface area contributed by atoms with Crippen molar-refractivity contribution in [3.8, 4) is 0 Å². The van der Waals surface area contributed by atoms with Gasteiger partial charge in [-0.1, -0.05) is 29.8 Å². The second-order valence-electron chi connectivity index (χ2n) is 8.15. The topological polar surface area (TPSA) is 105 Å². The number of nitrogens with one attached hydrogen (secondary N) is 2. The molecular weight excluding hydrogens is 482 g/mol. The van der Waals surface area contributed by atoms with Crippen molar-refractivity contribution in [3.05, 3.63) is 99.7 Å². The summed E-state index contributed by atoms with van der Waals surface area (Å²) in [5.41, 5.74) is 3.59. The first-order valence-corrected chi connectivity index (χ1v) is 11.3. The number of rotatable bonds is 6. The molecule has 2 N–H and O–H groups in total. The number of amides is 3. The lowest BCUT2D eigenvalue weighted by Crippen LogP contribution is -2.33. The summed E-state index contributed by atoms with van der Waals surface area (Å²) in [6, 6.07) is 18.1. The maximum atomic E-state index is 13.1. The van der Waals surface area contributed by atoms with Crippen LogP contribution in [0.1, 0.15) is 31.8 Å². The Bertz CT molecular complexity index is 1430. The van der Waals surface area contributed by atoms with Gasteiger partial charge in [-0.05, 0) is 73.5 Å². The van der Waals surface area contributed by atoms with E-state index in [0.29, 0.717) is 28.2 Å². The molecule has 0 atom stereocenters. The van der Waals surface area contributed by atoms with E-state index in [2.05, 4.69) is 15.4 Å². The first kappa shape index (κ1) is 24.7. The van der Waals surface area contributed by atoms with E-state index < -0.39 is 23.7 Å². The van der Waals surface area contributed by atoms with E-state index in [1.807, 2.05) is 19.1 Å². The quantitative estimate of drug-likeness (QED) is 0.370. The molecule has 3 aromatic rings. The van der Waals surface area contributed by atoms with Crippen LogP contribution >= 0.6 is 11.6 Å². The molecule has 4 rings (SSSR count). The second kappa shape index (κ2) is 10.1. The predicted molar refractivity (Wildman–Crippen MR) is 137 cm³/mol. The van der Waals surface area contributed by atoms with E-state index in [1.165, 1.54) is 25.3 Å².